The Morgan fingerprint density at radius 2 is 1.76 bits per heavy atom. The van der Waals surface area contributed by atoms with Crippen LogP contribution in [0.25, 0.3) is 6.08 Å². The number of sulfonamides is 1. The number of nitrogens with two attached hydrogens (primary N) is 1. The molecule has 2 aromatic carbocycles. The Morgan fingerprint density at radius 1 is 1.08 bits per heavy atom. The molecular formula is C17H16Cl2N2O3S. The molecule has 132 valence electrons. The molecule has 0 atom stereocenters. The van der Waals surface area contributed by atoms with E-state index in [0.717, 1.165) is 11.1 Å². The second-order valence-electron chi connectivity index (χ2n) is 5.24. The van der Waals surface area contributed by atoms with E-state index < -0.39 is 10.0 Å². The number of hydrogen-bond donors (Lipinski definition) is 2. The van der Waals surface area contributed by atoms with E-state index in [9.17, 15) is 13.2 Å². The van der Waals surface area contributed by atoms with Crippen molar-refractivity contribution in [3.8, 4) is 0 Å². The molecule has 0 radical (unpaired) electrons. The van der Waals surface area contributed by atoms with Crippen LogP contribution in [0.3, 0.4) is 0 Å². The van der Waals surface area contributed by atoms with Crippen LogP contribution in [0.4, 0.5) is 0 Å². The van der Waals surface area contributed by atoms with Gasteiger partial charge in [-0.2, -0.15) is 0 Å². The second kappa shape index (κ2) is 8.49. The molecule has 0 aromatic heterocycles. The first-order chi connectivity index (χ1) is 11.8. The van der Waals surface area contributed by atoms with E-state index in [2.05, 4.69) is 5.32 Å². The number of carbonyl (C=O) groups excluding carboxylic acids is 1. The third-order valence-electron chi connectivity index (χ3n) is 3.34. The van der Waals surface area contributed by atoms with Crippen LogP contribution < -0.4 is 10.5 Å². The Morgan fingerprint density at radius 3 is 2.36 bits per heavy atom. The molecule has 0 aliphatic heterocycles. The highest BCUT2D eigenvalue weighted by atomic mass is 35.5. The predicted molar refractivity (Wildman–Crippen MR) is 100 cm³/mol. The maximum absolute atomic E-state index is 11.8. The minimum Gasteiger partial charge on any atom is -0.352 e. The molecule has 0 saturated heterocycles. The first-order valence-corrected chi connectivity index (χ1v) is 9.58. The highest BCUT2D eigenvalue weighted by Gasteiger charge is 2.06. The Bertz CT molecular complexity index is 895. The fraction of sp³-hybridized carbons (Fsp3) is 0.118. The molecule has 0 bridgehead atoms. The first-order valence-electron chi connectivity index (χ1n) is 7.28. The second-order valence-corrected chi connectivity index (χ2v) is 7.61. The van der Waals surface area contributed by atoms with Crippen LogP contribution in [-0.2, 0) is 21.2 Å². The smallest absolute Gasteiger partial charge is 0.244 e. The van der Waals surface area contributed by atoms with Crippen molar-refractivity contribution in [2.45, 2.75) is 11.3 Å². The van der Waals surface area contributed by atoms with Gasteiger partial charge in [0, 0.05) is 12.6 Å². The molecule has 1 amide bonds. The number of nitrogens with one attached hydrogen (secondary N) is 1. The van der Waals surface area contributed by atoms with Gasteiger partial charge in [-0.3, -0.25) is 4.79 Å². The minimum absolute atomic E-state index is 0.0600. The van der Waals surface area contributed by atoms with E-state index in [1.165, 1.54) is 18.2 Å². The zero-order valence-corrected chi connectivity index (χ0v) is 15.4. The summed E-state index contributed by atoms with van der Waals surface area (Å²) in [6, 6.07) is 11.3. The molecule has 0 spiro atoms. The first kappa shape index (κ1) is 19.5. The van der Waals surface area contributed by atoms with E-state index in [1.54, 1.807) is 36.4 Å². The number of hydrogen-bond acceptors (Lipinski definition) is 3. The molecule has 25 heavy (non-hydrogen) atoms. The zero-order chi connectivity index (χ0) is 18.4. The number of rotatable bonds is 6. The third-order valence-corrected chi connectivity index (χ3v) is 5.00. The molecule has 0 unspecified atom stereocenters. The molecular weight excluding hydrogens is 383 g/mol. The normalized spacial score (nSPS) is 11.6. The highest BCUT2D eigenvalue weighted by Crippen LogP contribution is 2.23. The van der Waals surface area contributed by atoms with Crippen molar-refractivity contribution in [3.05, 3.63) is 69.7 Å². The molecule has 2 rings (SSSR count). The van der Waals surface area contributed by atoms with Gasteiger partial charge in [0.15, 0.2) is 0 Å². The lowest BCUT2D eigenvalue weighted by atomic mass is 10.1. The summed E-state index contributed by atoms with van der Waals surface area (Å²) in [5.74, 6) is -0.243. The van der Waals surface area contributed by atoms with Crippen LogP contribution in [0.2, 0.25) is 10.0 Å². The lowest BCUT2D eigenvalue weighted by Gasteiger charge is -2.04. The molecule has 0 aliphatic rings. The average Bonchev–Trinajstić information content (AvgIpc) is 2.55. The summed E-state index contributed by atoms with van der Waals surface area (Å²) in [6.07, 6.45) is 3.61. The number of primary sulfonamides is 1. The SMILES string of the molecule is NS(=O)(=O)c1ccc(CCNC(=O)/C=C/c2ccc(Cl)c(Cl)c2)cc1. The van der Waals surface area contributed by atoms with Gasteiger partial charge >= 0.3 is 0 Å². The zero-order valence-electron chi connectivity index (χ0n) is 13.1. The van der Waals surface area contributed by atoms with Crippen molar-refractivity contribution in [1.82, 2.24) is 5.32 Å². The number of amides is 1. The fourth-order valence-corrected chi connectivity index (χ4v) is 2.84. The summed E-state index contributed by atoms with van der Waals surface area (Å²) in [5.41, 5.74) is 1.66. The highest BCUT2D eigenvalue weighted by molar-refractivity contribution is 7.89. The van der Waals surface area contributed by atoms with Gasteiger partial charge in [0.2, 0.25) is 15.9 Å². The number of benzene rings is 2. The molecule has 0 heterocycles. The van der Waals surface area contributed by atoms with Crippen molar-refractivity contribution < 1.29 is 13.2 Å². The van der Waals surface area contributed by atoms with Crippen molar-refractivity contribution in [3.63, 3.8) is 0 Å². The molecule has 0 aliphatic carbocycles. The summed E-state index contributed by atoms with van der Waals surface area (Å²) >= 11 is 11.7. The van der Waals surface area contributed by atoms with Gasteiger partial charge in [-0.05, 0) is 47.9 Å². The lowest BCUT2D eigenvalue weighted by molar-refractivity contribution is -0.116. The summed E-state index contributed by atoms with van der Waals surface area (Å²) in [6.45, 7) is 0.416. The Balaban J connectivity index is 1.84. The van der Waals surface area contributed by atoms with Gasteiger partial charge < -0.3 is 5.32 Å². The number of halogens is 2. The van der Waals surface area contributed by atoms with Crippen molar-refractivity contribution >= 4 is 45.2 Å². The van der Waals surface area contributed by atoms with Gasteiger partial charge in [0.1, 0.15) is 0 Å². The third kappa shape index (κ3) is 6.17. The van der Waals surface area contributed by atoms with Gasteiger partial charge in [0.05, 0.1) is 14.9 Å². The van der Waals surface area contributed by atoms with Gasteiger partial charge in [-0.15, -0.1) is 0 Å². The molecule has 0 saturated carbocycles. The van der Waals surface area contributed by atoms with E-state index in [1.807, 2.05) is 0 Å². The summed E-state index contributed by atoms with van der Waals surface area (Å²) < 4.78 is 22.3. The molecule has 2 aromatic rings. The molecule has 0 fully saturated rings. The van der Waals surface area contributed by atoms with Crippen LogP contribution in [0, 0.1) is 0 Å². The summed E-state index contributed by atoms with van der Waals surface area (Å²) in [4.78, 5) is 11.9. The lowest BCUT2D eigenvalue weighted by Crippen LogP contribution is -2.23. The van der Waals surface area contributed by atoms with Crippen LogP contribution >= 0.6 is 23.2 Å². The predicted octanol–water partition coefficient (Wildman–Crippen LogP) is 3.01. The summed E-state index contributed by atoms with van der Waals surface area (Å²) in [7, 11) is -3.69. The Kier molecular flexibility index (Phi) is 6.61. The van der Waals surface area contributed by atoms with E-state index >= 15 is 0 Å². The van der Waals surface area contributed by atoms with Crippen molar-refractivity contribution in [2.75, 3.05) is 6.54 Å². The Hall–Kier alpha value is -1.86. The maximum Gasteiger partial charge on any atom is 0.244 e. The Labute approximate surface area is 156 Å². The molecule has 5 nitrogen and oxygen atoms in total. The fourth-order valence-electron chi connectivity index (χ4n) is 2.02. The van der Waals surface area contributed by atoms with E-state index in [0.29, 0.717) is 23.0 Å². The minimum atomic E-state index is -3.69. The molecule has 3 N–H and O–H groups in total. The van der Waals surface area contributed by atoms with Crippen LogP contribution in [0.1, 0.15) is 11.1 Å². The largest absolute Gasteiger partial charge is 0.352 e. The maximum atomic E-state index is 11.8. The summed E-state index contributed by atoms with van der Waals surface area (Å²) in [5, 5.41) is 8.66. The van der Waals surface area contributed by atoms with Crippen LogP contribution in [-0.4, -0.2) is 20.9 Å². The standard InChI is InChI=1S/C17H16Cl2N2O3S/c18-15-7-3-13(11-16(15)19)4-8-17(22)21-10-9-12-1-5-14(6-2-12)25(20,23)24/h1-8,11H,9-10H2,(H,21,22)(H2,20,23,24)/b8-4+. The van der Waals surface area contributed by atoms with Gasteiger partial charge in [-0.25, -0.2) is 13.6 Å². The van der Waals surface area contributed by atoms with E-state index in [-0.39, 0.29) is 10.8 Å². The van der Waals surface area contributed by atoms with Gasteiger partial charge in [0.25, 0.3) is 0 Å². The van der Waals surface area contributed by atoms with Gasteiger partial charge in [-0.1, -0.05) is 41.4 Å². The average molecular weight is 399 g/mol. The molecule has 8 heteroatoms. The van der Waals surface area contributed by atoms with Crippen LogP contribution in [0.15, 0.2) is 53.4 Å². The van der Waals surface area contributed by atoms with Crippen molar-refractivity contribution in [2.24, 2.45) is 5.14 Å². The monoisotopic (exact) mass is 398 g/mol. The number of carbonyl (C=O) groups is 1. The topological polar surface area (TPSA) is 89.3 Å². The quantitative estimate of drug-likeness (QED) is 0.732. The van der Waals surface area contributed by atoms with Crippen molar-refractivity contribution in [1.29, 1.82) is 0 Å². The van der Waals surface area contributed by atoms with E-state index in [4.69, 9.17) is 28.3 Å². The van der Waals surface area contributed by atoms with Crippen LogP contribution in [0.5, 0.6) is 0 Å².